The standard InChI is InChI=1S/4CH4S.Sn/c4*1-2;/h4*2H,1H3;/q;;;;+4/p-4. The summed E-state index contributed by atoms with van der Waals surface area (Å²) >= 11 is 16.3. The average Bonchev–Trinajstić information content (AvgIpc) is 2.03. The molecule has 0 aliphatic rings. The molecule has 0 nitrogen and oxygen atoms in total. The van der Waals surface area contributed by atoms with Gasteiger partial charge in [0.15, 0.2) is 0 Å². The summed E-state index contributed by atoms with van der Waals surface area (Å²) < 4.78 is 0. The smallest absolute Gasteiger partial charge is 0.796 e. The van der Waals surface area contributed by atoms with E-state index in [4.69, 9.17) is 0 Å². The molecule has 0 heterocycles. The van der Waals surface area contributed by atoms with Gasteiger partial charge in [-0.05, 0) is 0 Å². The average molecular weight is 307 g/mol. The van der Waals surface area contributed by atoms with Gasteiger partial charge in [0, 0.05) is 0 Å². The van der Waals surface area contributed by atoms with Gasteiger partial charge in [0.1, 0.15) is 0 Å². The molecule has 0 fully saturated rings. The fraction of sp³-hybridized carbons (Fsp3) is 1.00. The van der Waals surface area contributed by atoms with E-state index in [-0.39, 0.29) is 23.9 Å². The van der Waals surface area contributed by atoms with Gasteiger partial charge in [0.05, 0.1) is 0 Å². The Morgan fingerprint density at radius 3 is 0.444 bits per heavy atom. The van der Waals surface area contributed by atoms with Crippen molar-refractivity contribution < 1.29 is 0 Å². The predicted molar refractivity (Wildman–Crippen MR) is 58.9 cm³/mol. The van der Waals surface area contributed by atoms with Crippen molar-refractivity contribution in [2.75, 3.05) is 25.0 Å². The fourth-order valence-corrected chi connectivity index (χ4v) is 0. The normalized spacial score (nSPS) is 2.67. The van der Waals surface area contributed by atoms with Crippen LogP contribution in [0.2, 0.25) is 0 Å². The van der Waals surface area contributed by atoms with E-state index < -0.39 is 0 Å². The van der Waals surface area contributed by atoms with Crippen LogP contribution in [0.3, 0.4) is 0 Å². The first kappa shape index (κ1) is 30.3. The number of hydrogen-bond acceptors (Lipinski definition) is 4. The molecule has 0 saturated carbocycles. The van der Waals surface area contributed by atoms with Crippen LogP contribution in [0.25, 0.3) is 0 Å². The van der Waals surface area contributed by atoms with Gasteiger partial charge in [0.25, 0.3) is 0 Å². The summed E-state index contributed by atoms with van der Waals surface area (Å²) in [5.41, 5.74) is 0. The number of rotatable bonds is 0. The van der Waals surface area contributed by atoms with E-state index in [2.05, 4.69) is 50.5 Å². The zero-order valence-electron chi connectivity index (χ0n) is 6.13. The maximum absolute atomic E-state index is 4.08. The summed E-state index contributed by atoms with van der Waals surface area (Å²) in [4.78, 5) is 0. The molecular weight excluding hydrogens is 295 g/mol. The molecule has 0 rings (SSSR count). The van der Waals surface area contributed by atoms with Crippen molar-refractivity contribution in [3.8, 4) is 0 Å². The third-order valence-electron chi connectivity index (χ3n) is 0. The number of hydrogen-bond donors (Lipinski definition) is 0. The van der Waals surface area contributed by atoms with Gasteiger partial charge >= 0.3 is 23.9 Å². The molecule has 0 spiro atoms. The van der Waals surface area contributed by atoms with Gasteiger partial charge in [-0.15, -0.1) is 0 Å². The summed E-state index contributed by atoms with van der Waals surface area (Å²) in [6, 6.07) is 0. The molecule has 9 heavy (non-hydrogen) atoms. The van der Waals surface area contributed by atoms with Gasteiger partial charge < -0.3 is 50.5 Å². The molecule has 0 unspecified atom stereocenters. The molecule has 0 N–H and O–H groups in total. The Kier molecular flexibility index (Phi) is 601. The van der Waals surface area contributed by atoms with Crippen molar-refractivity contribution in [2.45, 2.75) is 0 Å². The molecule has 0 atom stereocenters. The van der Waals surface area contributed by atoms with Crippen LogP contribution < -0.4 is 0 Å². The van der Waals surface area contributed by atoms with Gasteiger partial charge in [-0.3, -0.25) is 0 Å². The molecule has 0 aromatic carbocycles. The minimum absolute atomic E-state index is 0. The van der Waals surface area contributed by atoms with Crippen molar-refractivity contribution in [3.63, 3.8) is 0 Å². The van der Waals surface area contributed by atoms with Crippen LogP contribution >= 0.6 is 0 Å². The Morgan fingerprint density at radius 2 is 0.444 bits per heavy atom. The monoisotopic (exact) mass is 308 g/mol. The Labute approximate surface area is 98.6 Å². The second-order valence-corrected chi connectivity index (χ2v) is 0. The summed E-state index contributed by atoms with van der Waals surface area (Å²) in [6.45, 7) is 0. The Balaban J connectivity index is -0.00000000762. The SMILES string of the molecule is C[S-].C[S-].C[S-].C[S-].[Sn+4]. The van der Waals surface area contributed by atoms with E-state index in [0.717, 1.165) is 0 Å². The van der Waals surface area contributed by atoms with Crippen LogP contribution in [-0.4, -0.2) is 48.9 Å². The van der Waals surface area contributed by atoms with E-state index in [1.165, 1.54) is 0 Å². The summed E-state index contributed by atoms with van der Waals surface area (Å²) in [5, 5.41) is 0. The van der Waals surface area contributed by atoms with Gasteiger partial charge in [-0.25, -0.2) is 0 Å². The molecule has 5 heteroatoms. The molecule has 0 bridgehead atoms. The van der Waals surface area contributed by atoms with E-state index in [1.807, 2.05) is 0 Å². The molecule has 56 valence electrons. The van der Waals surface area contributed by atoms with Crippen LogP contribution in [0, 0.1) is 0 Å². The largest absolute Gasteiger partial charge is 4.00 e. The fourth-order valence-electron chi connectivity index (χ4n) is 0. The van der Waals surface area contributed by atoms with E-state index in [9.17, 15) is 0 Å². The minimum Gasteiger partial charge on any atom is -0.796 e. The van der Waals surface area contributed by atoms with Crippen molar-refractivity contribution >= 4 is 74.4 Å². The summed E-state index contributed by atoms with van der Waals surface area (Å²) in [7, 11) is 0. The molecular formula is C4H12S4Sn. The first-order valence-corrected chi connectivity index (χ1v) is 4.90. The van der Waals surface area contributed by atoms with Crippen LogP contribution in [0.1, 0.15) is 0 Å². The van der Waals surface area contributed by atoms with E-state index in [1.54, 1.807) is 25.0 Å². The Hall–Kier alpha value is 2.20. The third kappa shape index (κ3) is 142. The molecule has 0 aliphatic heterocycles. The van der Waals surface area contributed by atoms with Crippen LogP contribution in [-0.2, 0) is 50.5 Å². The van der Waals surface area contributed by atoms with Crippen LogP contribution in [0.5, 0.6) is 0 Å². The molecule has 0 radical (unpaired) electrons. The Morgan fingerprint density at radius 1 is 0.444 bits per heavy atom. The second-order valence-electron chi connectivity index (χ2n) is 0. The maximum Gasteiger partial charge on any atom is 4.00 e. The minimum atomic E-state index is 0. The zero-order valence-corrected chi connectivity index (χ0v) is 12.3. The predicted octanol–water partition coefficient (Wildman–Crippen LogP) is 0.272. The zero-order chi connectivity index (χ0) is 8.00. The van der Waals surface area contributed by atoms with Crippen LogP contribution in [0.4, 0.5) is 0 Å². The van der Waals surface area contributed by atoms with Crippen molar-refractivity contribution in [3.05, 3.63) is 0 Å². The summed E-state index contributed by atoms with van der Waals surface area (Å²) in [5.74, 6) is 0. The quantitative estimate of drug-likeness (QED) is 0.465. The van der Waals surface area contributed by atoms with E-state index in [0.29, 0.717) is 0 Å². The molecule has 0 saturated heterocycles. The molecule has 0 aromatic heterocycles. The first-order chi connectivity index (χ1) is 4.00. The first-order valence-electron chi connectivity index (χ1n) is 1.63. The van der Waals surface area contributed by atoms with Gasteiger partial charge in [-0.1, -0.05) is 0 Å². The van der Waals surface area contributed by atoms with E-state index >= 15 is 0 Å². The third-order valence-corrected chi connectivity index (χ3v) is 0. The molecule has 0 amide bonds. The molecule has 0 aromatic rings. The second kappa shape index (κ2) is 179. The topological polar surface area (TPSA) is 0 Å². The van der Waals surface area contributed by atoms with Crippen molar-refractivity contribution in [2.24, 2.45) is 0 Å². The Bertz CT molecular complexity index is 12.5. The van der Waals surface area contributed by atoms with Gasteiger partial charge in [0.2, 0.25) is 0 Å². The van der Waals surface area contributed by atoms with Gasteiger partial charge in [-0.2, -0.15) is 25.0 Å². The molecule has 0 aliphatic carbocycles. The van der Waals surface area contributed by atoms with Crippen LogP contribution in [0.15, 0.2) is 0 Å². The van der Waals surface area contributed by atoms with Crippen molar-refractivity contribution in [1.29, 1.82) is 0 Å². The van der Waals surface area contributed by atoms with Crippen molar-refractivity contribution in [1.82, 2.24) is 0 Å². The summed E-state index contributed by atoms with van der Waals surface area (Å²) in [6.07, 6.45) is 6.33. The maximum atomic E-state index is 4.08.